The van der Waals surface area contributed by atoms with Crippen LogP contribution >= 0.6 is 0 Å². The Labute approximate surface area is 124 Å². The largest absolute Gasteiger partial charge is 0.465 e. The second kappa shape index (κ2) is 5.48. The molecule has 1 atom stereocenters. The Morgan fingerprint density at radius 3 is 2.52 bits per heavy atom. The molecule has 1 spiro atoms. The molecule has 0 bridgehead atoms. The van der Waals surface area contributed by atoms with Gasteiger partial charge in [-0.3, -0.25) is 4.79 Å². The highest BCUT2D eigenvalue weighted by Crippen LogP contribution is 2.42. The van der Waals surface area contributed by atoms with Gasteiger partial charge in [0.1, 0.15) is 0 Å². The molecule has 2 heterocycles. The Morgan fingerprint density at radius 2 is 1.86 bits per heavy atom. The number of aliphatic hydroxyl groups excluding tert-OH is 1. The van der Waals surface area contributed by atoms with Gasteiger partial charge in [0.25, 0.3) is 0 Å². The second-order valence-electron chi connectivity index (χ2n) is 6.80. The number of amides is 2. The van der Waals surface area contributed by atoms with Gasteiger partial charge in [0.2, 0.25) is 5.91 Å². The zero-order valence-electron chi connectivity index (χ0n) is 12.3. The van der Waals surface area contributed by atoms with E-state index in [0.29, 0.717) is 13.1 Å². The van der Waals surface area contributed by atoms with Crippen molar-refractivity contribution in [2.24, 2.45) is 5.41 Å². The summed E-state index contributed by atoms with van der Waals surface area (Å²) < 4.78 is 0. The van der Waals surface area contributed by atoms with Crippen molar-refractivity contribution in [3.8, 4) is 0 Å². The normalized spacial score (nSPS) is 37.3. The first-order valence-corrected chi connectivity index (χ1v) is 7.99. The van der Waals surface area contributed by atoms with Crippen LogP contribution in [-0.2, 0) is 4.79 Å². The van der Waals surface area contributed by atoms with Crippen LogP contribution in [0.1, 0.15) is 44.9 Å². The summed E-state index contributed by atoms with van der Waals surface area (Å²) in [5.41, 5.74) is -0.479. The molecule has 0 aromatic carbocycles. The van der Waals surface area contributed by atoms with E-state index < -0.39 is 11.5 Å². The van der Waals surface area contributed by atoms with Gasteiger partial charge >= 0.3 is 6.09 Å². The van der Waals surface area contributed by atoms with E-state index in [2.05, 4.69) is 0 Å². The Kier molecular flexibility index (Phi) is 3.82. The van der Waals surface area contributed by atoms with Gasteiger partial charge in [-0.1, -0.05) is 0 Å². The number of hydrogen-bond donors (Lipinski definition) is 2. The predicted molar refractivity (Wildman–Crippen MR) is 75.9 cm³/mol. The number of rotatable bonds is 1. The summed E-state index contributed by atoms with van der Waals surface area (Å²) in [6.07, 6.45) is 4.49. The van der Waals surface area contributed by atoms with Crippen LogP contribution in [0.5, 0.6) is 0 Å². The summed E-state index contributed by atoms with van der Waals surface area (Å²) in [6, 6.07) is 0.237. The van der Waals surface area contributed by atoms with Gasteiger partial charge in [0.15, 0.2) is 0 Å². The van der Waals surface area contributed by atoms with Crippen LogP contribution in [0.4, 0.5) is 4.79 Å². The summed E-state index contributed by atoms with van der Waals surface area (Å²) >= 11 is 0. The van der Waals surface area contributed by atoms with Crippen LogP contribution in [-0.4, -0.2) is 63.8 Å². The lowest BCUT2D eigenvalue weighted by molar-refractivity contribution is -0.141. The van der Waals surface area contributed by atoms with Crippen molar-refractivity contribution in [2.45, 2.75) is 57.1 Å². The van der Waals surface area contributed by atoms with Gasteiger partial charge in [0, 0.05) is 25.7 Å². The van der Waals surface area contributed by atoms with E-state index >= 15 is 0 Å². The van der Waals surface area contributed by atoms with E-state index in [4.69, 9.17) is 0 Å². The van der Waals surface area contributed by atoms with E-state index in [-0.39, 0.29) is 18.1 Å². The third kappa shape index (κ3) is 2.61. The van der Waals surface area contributed by atoms with E-state index in [1.807, 2.05) is 4.90 Å². The van der Waals surface area contributed by atoms with Crippen LogP contribution in [0.25, 0.3) is 0 Å². The average Bonchev–Trinajstić information content (AvgIpc) is 2.77. The molecule has 2 saturated heterocycles. The summed E-state index contributed by atoms with van der Waals surface area (Å²) in [6.45, 7) is 1.64. The van der Waals surface area contributed by atoms with Crippen molar-refractivity contribution in [1.82, 2.24) is 9.80 Å². The summed E-state index contributed by atoms with van der Waals surface area (Å²) in [7, 11) is 0. The molecule has 6 heteroatoms. The molecule has 21 heavy (non-hydrogen) atoms. The first kappa shape index (κ1) is 14.6. The van der Waals surface area contributed by atoms with Crippen molar-refractivity contribution in [2.75, 3.05) is 19.6 Å². The lowest BCUT2D eigenvalue weighted by Gasteiger charge is -2.39. The molecule has 2 aliphatic heterocycles. The van der Waals surface area contributed by atoms with Crippen molar-refractivity contribution in [3.63, 3.8) is 0 Å². The Hall–Kier alpha value is -1.30. The maximum absolute atomic E-state index is 12.9. The molecule has 1 saturated carbocycles. The number of carbonyl (C=O) groups excluding carboxylic acids is 1. The molecule has 3 rings (SSSR count). The summed E-state index contributed by atoms with van der Waals surface area (Å²) in [4.78, 5) is 27.4. The van der Waals surface area contributed by atoms with Crippen LogP contribution in [0.3, 0.4) is 0 Å². The Bertz CT molecular complexity index is 433. The third-order valence-corrected chi connectivity index (χ3v) is 5.50. The van der Waals surface area contributed by atoms with Gasteiger partial charge in [-0.15, -0.1) is 0 Å². The zero-order valence-corrected chi connectivity index (χ0v) is 12.3. The topological polar surface area (TPSA) is 81.1 Å². The zero-order chi connectivity index (χ0) is 15.0. The number of aliphatic hydroxyl groups is 1. The fourth-order valence-electron chi connectivity index (χ4n) is 4.24. The molecule has 0 radical (unpaired) electrons. The molecule has 1 aliphatic carbocycles. The molecule has 0 aromatic rings. The quantitative estimate of drug-likeness (QED) is 0.764. The van der Waals surface area contributed by atoms with Gasteiger partial charge in [0.05, 0.1) is 11.5 Å². The maximum Gasteiger partial charge on any atom is 0.407 e. The van der Waals surface area contributed by atoms with E-state index in [0.717, 1.165) is 51.5 Å². The maximum atomic E-state index is 12.9. The highest BCUT2D eigenvalue weighted by Gasteiger charge is 2.51. The van der Waals surface area contributed by atoms with Gasteiger partial charge in [-0.05, 0) is 44.9 Å². The van der Waals surface area contributed by atoms with Crippen molar-refractivity contribution < 1.29 is 19.8 Å². The van der Waals surface area contributed by atoms with Crippen molar-refractivity contribution in [1.29, 1.82) is 0 Å². The van der Waals surface area contributed by atoms with Crippen molar-refractivity contribution >= 4 is 12.0 Å². The number of hydrogen-bond acceptors (Lipinski definition) is 3. The van der Waals surface area contributed by atoms with Crippen molar-refractivity contribution in [3.05, 3.63) is 0 Å². The van der Waals surface area contributed by atoms with Gasteiger partial charge in [-0.25, -0.2) is 4.79 Å². The van der Waals surface area contributed by atoms with E-state index in [9.17, 15) is 19.8 Å². The van der Waals surface area contributed by atoms with Crippen LogP contribution in [0, 0.1) is 5.41 Å². The SMILES string of the molecule is O=C(O)N1CCC[C@@]2(CCN([C@H]3CC[C@H](O)CC3)C2=O)C1. The summed E-state index contributed by atoms with van der Waals surface area (Å²) in [5.74, 6) is 0.148. The van der Waals surface area contributed by atoms with E-state index in [1.54, 1.807) is 0 Å². The Morgan fingerprint density at radius 1 is 1.14 bits per heavy atom. The first-order valence-electron chi connectivity index (χ1n) is 7.99. The Balaban J connectivity index is 1.69. The average molecular weight is 296 g/mol. The minimum Gasteiger partial charge on any atom is -0.465 e. The van der Waals surface area contributed by atoms with Crippen LogP contribution < -0.4 is 0 Å². The molecule has 0 aromatic heterocycles. The fourth-order valence-corrected chi connectivity index (χ4v) is 4.24. The number of piperidine rings is 1. The fraction of sp³-hybridized carbons (Fsp3) is 0.867. The van der Waals surface area contributed by atoms with E-state index in [1.165, 1.54) is 4.90 Å². The monoisotopic (exact) mass is 296 g/mol. The molecule has 3 fully saturated rings. The molecule has 118 valence electrons. The number of nitrogens with zero attached hydrogens (tertiary/aromatic N) is 2. The molecular weight excluding hydrogens is 272 g/mol. The highest BCUT2D eigenvalue weighted by atomic mass is 16.4. The number of likely N-dealkylation sites (tertiary alicyclic amines) is 2. The first-order chi connectivity index (χ1) is 10.0. The summed E-state index contributed by atoms with van der Waals surface area (Å²) in [5, 5.41) is 18.8. The predicted octanol–water partition coefficient (Wildman–Crippen LogP) is 1.28. The smallest absolute Gasteiger partial charge is 0.407 e. The molecule has 3 aliphatic rings. The molecular formula is C15H24N2O4. The molecule has 0 unspecified atom stereocenters. The minimum atomic E-state index is -0.916. The lowest BCUT2D eigenvalue weighted by atomic mass is 9.78. The molecule has 2 amide bonds. The number of carbonyl (C=O) groups is 2. The van der Waals surface area contributed by atoms with Crippen LogP contribution in [0.2, 0.25) is 0 Å². The second-order valence-corrected chi connectivity index (χ2v) is 6.80. The minimum absolute atomic E-state index is 0.148. The van der Waals surface area contributed by atoms with Gasteiger partial charge in [-0.2, -0.15) is 0 Å². The standard InChI is InChI=1S/C15H24N2O4/c18-12-4-2-11(3-5-12)17-9-7-15(13(17)19)6-1-8-16(10-15)14(20)21/h11-12,18H,1-10H2,(H,20,21)/t11-,12-,15-/m1/s1. The van der Waals surface area contributed by atoms with Gasteiger partial charge < -0.3 is 20.0 Å². The molecule has 2 N–H and O–H groups in total. The third-order valence-electron chi connectivity index (χ3n) is 5.50. The van der Waals surface area contributed by atoms with Crippen LogP contribution in [0.15, 0.2) is 0 Å². The number of carboxylic acid groups (broad SMARTS) is 1. The molecule has 6 nitrogen and oxygen atoms in total. The highest BCUT2D eigenvalue weighted by molar-refractivity contribution is 5.86. The lowest BCUT2D eigenvalue weighted by Crippen LogP contribution is -2.51.